The molecule has 0 radical (unpaired) electrons. The van der Waals surface area contributed by atoms with E-state index in [1.807, 2.05) is 0 Å². The predicted molar refractivity (Wildman–Crippen MR) is 74.5 cm³/mol. The number of fused-ring (bicyclic) bond motifs is 1. The van der Waals surface area contributed by atoms with E-state index in [2.05, 4.69) is 4.74 Å². The van der Waals surface area contributed by atoms with Gasteiger partial charge in [-0.25, -0.2) is 13.2 Å². The van der Waals surface area contributed by atoms with Gasteiger partial charge in [0.2, 0.25) is 0 Å². The fraction of sp³-hybridized carbons (Fsp3) is 0.357. The zero-order chi connectivity index (χ0) is 16.5. The van der Waals surface area contributed by atoms with Gasteiger partial charge in [-0.15, -0.1) is 0 Å². The third-order valence-electron chi connectivity index (χ3n) is 3.28. The first kappa shape index (κ1) is 16.2. The molecule has 0 saturated heterocycles. The van der Waals surface area contributed by atoms with Crippen molar-refractivity contribution in [3.05, 3.63) is 23.8 Å². The van der Waals surface area contributed by atoms with Crippen LogP contribution in [0.3, 0.4) is 0 Å². The number of carbonyl (C=O) groups is 3. The molecule has 0 aromatic heterocycles. The number of rotatable bonds is 4. The van der Waals surface area contributed by atoms with Gasteiger partial charge in [-0.2, -0.15) is 0 Å². The lowest BCUT2D eigenvalue weighted by molar-refractivity contribution is -0.154. The monoisotopic (exact) mass is 326 g/mol. The maximum atomic E-state index is 12.3. The van der Waals surface area contributed by atoms with Gasteiger partial charge in [-0.3, -0.25) is 9.59 Å². The number of carbonyl (C=O) groups excluding carboxylic acids is 3. The summed E-state index contributed by atoms with van der Waals surface area (Å²) < 4.78 is 34.0. The smallest absolute Gasteiger partial charge is 0.375 e. The highest BCUT2D eigenvalue weighted by Crippen LogP contribution is 2.31. The molecule has 1 aliphatic heterocycles. The van der Waals surface area contributed by atoms with Crippen molar-refractivity contribution < 1.29 is 32.3 Å². The molecule has 0 spiro atoms. The number of Topliss-reactive ketones (excluding diaryl/α,β-unsaturated/α-hetero) is 2. The molecule has 22 heavy (non-hydrogen) atoms. The number of benzene rings is 1. The third-order valence-corrected chi connectivity index (χ3v) is 5.07. The van der Waals surface area contributed by atoms with Crippen LogP contribution in [0.25, 0.3) is 0 Å². The van der Waals surface area contributed by atoms with E-state index < -0.39 is 39.0 Å². The number of sulfone groups is 1. The zero-order valence-electron chi connectivity index (χ0n) is 12.0. The van der Waals surface area contributed by atoms with Crippen LogP contribution in [-0.2, 0) is 24.2 Å². The minimum absolute atomic E-state index is 0.0357. The molecule has 0 bridgehead atoms. The molecule has 1 aliphatic rings. The summed E-state index contributed by atoms with van der Waals surface area (Å²) >= 11 is 0. The highest BCUT2D eigenvalue weighted by molar-refractivity contribution is 7.91. The SMILES string of the molecule is CCOC(=O)C(=O)C1CS(=O)(=O)c2cc(OC)ccc2C1=O. The van der Waals surface area contributed by atoms with Crippen molar-refractivity contribution in [2.24, 2.45) is 5.92 Å². The van der Waals surface area contributed by atoms with Crippen molar-refractivity contribution in [1.29, 1.82) is 0 Å². The van der Waals surface area contributed by atoms with Crippen LogP contribution in [0.5, 0.6) is 5.75 Å². The Kier molecular flexibility index (Phi) is 4.32. The second-order valence-electron chi connectivity index (χ2n) is 4.65. The first-order chi connectivity index (χ1) is 10.3. The van der Waals surface area contributed by atoms with Gasteiger partial charge in [-0.1, -0.05) is 0 Å². The molecule has 0 N–H and O–H groups in total. The maximum absolute atomic E-state index is 12.3. The molecule has 0 fully saturated rings. The van der Waals surface area contributed by atoms with Crippen LogP contribution < -0.4 is 4.74 Å². The average Bonchev–Trinajstić information content (AvgIpc) is 2.50. The zero-order valence-corrected chi connectivity index (χ0v) is 12.8. The Balaban J connectivity index is 2.47. The summed E-state index contributed by atoms with van der Waals surface area (Å²) in [6.07, 6.45) is 0. The Hall–Kier alpha value is -2.22. The number of methoxy groups -OCH3 is 1. The fourth-order valence-corrected chi connectivity index (χ4v) is 3.92. The van der Waals surface area contributed by atoms with Crippen molar-refractivity contribution in [2.45, 2.75) is 11.8 Å². The normalized spacial score (nSPS) is 19.2. The Morgan fingerprint density at radius 3 is 2.59 bits per heavy atom. The Morgan fingerprint density at radius 1 is 1.32 bits per heavy atom. The standard InChI is InChI=1S/C14H14O7S/c1-3-21-14(17)13(16)10-7-22(18,19)11-6-8(20-2)4-5-9(11)12(10)15/h4-6,10H,3,7H2,1-2H3. The quantitative estimate of drug-likeness (QED) is 0.448. The van der Waals surface area contributed by atoms with Gasteiger partial charge >= 0.3 is 5.97 Å². The van der Waals surface area contributed by atoms with Crippen molar-refractivity contribution in [3.63, 3.8) is 0 Å². The number of hydrogen-bond donors (Lipinski definition) is 0. The molecule has 1 aromatic carbocycles. The number of ether oxygens (including phenoxy) is 2. The number of ketones is 2. The Labute approximate surface area is 127 Å². The highest BCUT2D eigenvalue weighted by atomic mass is 32.2. The van der Waals surface area contributed by atoms with Crippen LogP contribution in [-0.4, -0.2) is 45.4 Å². The summed E-state index contributed by atoms with van der Waals surface area (Å²) in [4.78, 5) is 35.5. The molecule has 0 aliphatic carbocycles. The van der Waals surface area contributed by atoms with E-state index >= 15 is 0 Å². The van der Waals surface area contributed by atoms with E-state index in [-0.39, 0.29) is 22.8 Å². The molecule has 2 rings (SSSR count). The molecule has 0 saturated carbocycles. The molecule has 118 valence electrons. The van der Waals surface area contributed by atoms with Gasteiger partial charge in [0.05, 0.1) is 24.4 Å². The van der Waals surface area contributed by atoms with E-state index in [9.17, 15) is 22.8 Å². The van der Waals surface area contributed by atoms with Crippen LogP contribution in [0.2, 0.25) is 0 Å². The van der Waals surface area contributed by atoms with Crippen molar-refractivity contribution in [2.75, 3.05) is 19.5 Å². The molecule has 8 heteroatoms. The molecule has 0 amide bonds. The summed E-state index contributed by atoms with van der Waals surface area (Å²) in [5, 5.41) is 0. The minimum Gasteiger partial charge on any atom is -0.497 e. The molecule has 1 heterocycles. The van der Waals surface area contributed by atoms with Gasteiger partial charge < -0.3 is 9.47 Å². The third kappa shape index (κ3) is 2.74. The van der Waals surface area contributed by atoms with Crippen LogP contribution in [0.1, 0.15) is 17.3 Å². The summed E-state index contributed by atoms with van der Waals surface area (Å²) in [5.74, 6) is -5.07. The van der Waals surface area contributed by atoms with Gasteiger partial charge in [0, 0.05) is 5.56 Å². The Morgan fingerprint density at radius 2 is 2.00 bits per heavy atom. The van der Waals surface area contributed by atoms with Gasteiger partial charge in [0.1, 0.15) is 11.7 Å². The lowest BCUT2D eigenvalue weighted by Gasteiger charge is -2.22. The van der Waals surface area contributed by atoms with Gasteiger partial charge in [0.15, 0.2) is 15.6 Å². The van der Waals surface area contributed by atoms with E-state index in [1.165, 1.54) is 32.2 Å². The lowest BCUT2D eigenvalue weighted by Crippen LogP contribution is -2.40. The number of esters is 1. The van der Waals surface area contributed by atoms with Crippen LogP contribution in [0.4, 0.5) is 0 Å². The second-order valence-corrected chi connectivity index (χ2v) is 6.65. The van der Waals surface area contributed by atoms with Gasteiger partial charge in [0.25, 0.3) is 5.78 Å². The largest absolute Gasteiger partial charge is 0.497 e. The van der Waals surface area contributed by atoms with Crippen LogP contribution in [0, 0.1) is 5.92 Å². The summed E-state index contributed by atoms with van der Waals surface area (Å²) in [7, 11) is -2.51. The molecular weight excluding hydrogens is 312 g/mol. The summed E-state index contributed by atoms with van der Waals surface area (Å²) in [6, 6.07) is 3.93. The van der Waals surface area contributed by atoms with Crippen LogP contribution in [0.15, 0.2) is 23.1 Å². The maximum Gasteiger partial charge on any atom is 0.375 e. The van der Waals surface area contributed by atoms with Crippen molar-refractivity contribution >= 4 is 27.4 Å². The number of hydrogen-bond acceptors (Lipinski definition) is 7. The highest BCUT2D eigenvalue weighted by Gasteiger charge is 2.43. The van der Waals surface area contributed by atoms with E-state index in [0.29, 0.717) is 0 Å². The average molecular weight is 326 g/mol. The van der Waals surface area contributed by atoms with Crippen LogP contribution >= 0.6 is 0 Å². The first-order valence-corrected chi connectivity index (χ1v) is 8.13. The molecule has 1 aromatic rings. The fourth-order valence-electron chi connectivity index (χ4n) is 2.20. The van der Waals surface area contributed by atoms with E-state index in [4.69, 9.17) is 4.74 Å². The van der Waals surface area contributed by atoms with Crippen molar-refractivity contribution in [3.8, 4) is 5.75 Å². The molecular formula is C14H14O7S. The van der Waals surface area contributed by atoms with Gasteiger partial charge in [-0.05, 0) is 25.1 Å². The lowest BCUT2D eigenvalue weighted by atomic mass is 9.94. The molecule has 1 unspecified atom stereocenters. The summed E-state index contributed by atoms with van der Waals surface area (Å²) in [5.41, 5.74) is -0.116. The molecule has 1 atom stereocenters. The predicted octanol–water partition coefficient (Wildman–Crippen LogP) is 0.414. The Bertz CT molecular complexity index is 748. The van der Waals surface area contributed by atoms with Crippen molar-refractivity contribution in [1.82, 2.24) is 0 Å². The minimum atomic E-state index is -3.88. The van der Waals surface area contributed by atoms with E-state index in [1.54, 1.807) is 0 Å². The van der Waals surface area contributed by atoms with E-state index in [0.717, 1.165) is 0 Å². The summed E-state index contributed by atoms with van der Waals surface area (Å²) in [6.45, 7) is 1.47. The first-order valence-electron chi connectivity index (χ1n) is 6.47. The second kappa shape index (κ2) is 5.88. The molecule has 7 nitrogen and oxygen atoms in total. The topological polar surface area (TPSA) is 104 Å².